The van der Waals surface area contributed by atoms with Gasteiger partial charge in [-0.15, -0.1) is 0 Å². The van der Waals surface area contributed by atoms with Crippen molar-refractivity contribution in [3.05, 3.63) is 40.7 Å². The molecule has 1 N–H and O–H groups in total. The first-order valence-corrected chi connectivity index (χ1v) is 9.50. The molecule has 2 aromatic rings. The molecule has 1 aliphatic rings. The smallest absolute Gasteiger partial charge is 0.220 e. The monoisotopic (exact) mass is 328 g/mol. The van der Waals surface area contributed by atoms with Gasteiger partial charge in [-0.1, -0.05) is 38.2 Å². The summed E-state index contributed by atoms with van der Waals surface area (Å²) >= 11 is 1.66. The second-order valence-electron chi connectivity index (χ2n) is 6.34. The molecule has 1 saturated carbocycles. The fourth-order valence-electron chi connectivity index (χ4n) is 3.33. The van der Waals surface area contributed by atoms with Crippen LogP contribution >= 0.6 is 11.3 Å². The van der Waals surface area contributed by atoms with Crippen molar-refractivity contribution >= 4 is 17.2 Å². The Morgan fingerprint density at radius 3 is 2.91 bits per heavy atom. The van der Waals surface area contributed by atoms with Crippen LogP contribution in [0.25, 0.3) is 11.3 Å². The molecule has 3 rings (SSSR count). The van der Waals surface area contributed by atoms with Gasteiger partial charge in [-0.05, 0) is 35.4 Å². The maximum atomic E-state index is 12.1. The van der Waals surface area contributed by atoms with Gasteiger partial charge < -0.3 is 5.32 Å². The van der Waals surface area contributed by atoms with Gasteiger partial charge in [-0.3, -0.25) is 9.78 Å². The summed E-state index contributed by atoms with van der Waals surface area (Å²) in [5, 5.41) is 7.21. The standard InChI is InChI=1S/C19H24N2OS/c22-18(9-8-15-5-2-1-3-6-15)21-13-16-7-4-11-20-19(16)17-10-12-23-14-17/h4,7,10-12,14-15H,1-3,5-6,8-9,13H2,(H,21,22). The Kier molecular flexibility index (Phi) is 5.81. The second kappa shape index (κ2) is 8.25. The Hall–Kier alpha value is -1.68. The van der Waals surface area contributed by atoms with Gasteiger partial charge in [0.1, 0.15) is 0 Å². The molecule has 0 unspecified atom stereocenters. The number of nitrogens with zero attached hydrogens (tertiary/aromatic N) is 1. The number of hydrogen-bond acceptors (Lipinski definition) is 3. The van der Waals surface area contributed by atoms with Crippen LogP contribution in [0.1, 0.15) is 50.5 Å². The zero-order valence-corrected chi connectivity index (χ0v) is 14.3. The van der Waals surface area contributed by atoms with E-state index in [4.69, 9.17) is 0 Å². The summed E-state index contributed by atoms with van der Waals surface area (Å²) in [7, 11) is 0. The Morgan fingerprint density at radius 1 is 1.26 bits per heavy atom. The number of carbonyl (C=O) groups excluding carboxylic acids is 1. The molecule has 0 aliphatic heterocycles. The van der Waals surface area contributed by atoms with Gasteiger partial charge >= 0.3 is 0 Å². The summed E-state index contributed by atoms with van der Waals surface area (Å²) in [6.07, 6.45) is 10.2. The number of rotatable bonds is 6. The molecule has 0 aromatic carbocycles. The quantitative estimate of drug-likeness (QED) is 0.828. The predicted octanol–water partition coefficient (Wildman–Crippen LogP) is 4.79. The average molecular weight is 328 g/mol. The van der Waals surface area contributed by atoms with Crippen molar-refractivity contribution in [3.63, 3.8) is 0 Å². The highest BCUT2D eigenvalue weighted by Crippen LogP contribution is 2.27. The van der Waals surface area contributed by atoms with Gasteiger partial charge in [0.25, 0.3) is 0 Å². The van der Waals surface area contributed by atoms with Crippen molar-refractivity contribution in [1.29, 1.82) is 0 Å². The van der Waals surface area contributed by atoms with Crippen LogP contribution < -0.4 is 5.32 Å². The Balaban J connectivity index is 1.51. The van der Waals surface area contributed by atoms with Crippen molar-refractivity contribution in [1.82, 2.24) is 10.3 Å². The molecule has 0 saturated heterocycles. The summed E-state index contributed by atoms with van der Waals surface area (Å²) in [5.74, 6) is 0.921. The van der Waals surface area contributed by atoms with Crippen LogP contribution in [0.5, 0.6) is 0 Å². The Morgan fingerprint density at radius 2 is 2.13 bits per heavy atom. The molecule has 2 aromatic heterocycles. The molecular formula is C19H24N2OS. The summed E-state index contributed by atoms with van der Waals surface area (Å²) < 4.78 is 0. The maximum Gasteiger partial charge on any atom is 0.220 e. The maximum absolute atomic E-state index is 12.1. The third kappa shape index (κ3) is 4.64. The summed E-state index contributed by atoms with van der Waals surface area (Å²) in [5.41, 5.74) is 3.18. The molecule has 0 atom stereocenters. The van der Waals surface area contributed by atoms with Crippen LogP contribution in [0.4, 0.5) is 0 Å². The van der Waals surface area contributed by atoms with Crippen LogP contribution in [0, 0.1) is 5.92 Å². The van der Waals surface area contributed by atoms with Crippen LogP contribution in [0.2, 0.25) is 0 Å². The fraction of sp³-hybridized carbons (Fsp3) is 0.474. The van der Waals surface area contributed by atoms with Crippen molar-refractivity contribution < 1.29 is 4.79 Å². The zero-order valence-electron chi connectivity index (χ0n) is 13.5. The molecule has 1 aliphatic carbocycles. The molecule has 1 amide bonds. The number of carbonyl (C=O) groups is 1. The number of pyridine rings is 1. The topological polar surface area (TPSA) is 42.0 Å². The van der Waals surface area contributed by atoms with E-state index in [0.717, 1.165) is 29.2 Å². The van der Waals surface area contributed by atoms with Crippen LogP contribution in [0.15, 0.2) is 35.2 Å². The van der Waals surface area contributed by atoms with Crippen molar-refractivity contribution in [2.75, 3.05) is 0 Å². The third-order valence-corrected chi connectivity index (χ3v) is 5.35. The summed E-state index contributed by atoms with van der Waals surface area (Å²) in [4.78, 5) is 16.6. The van der Waals surface area contributed by atoms with Crippen LogP contribution in [-0.4, -0.2) is 10.9 Å². The minimum Gasteiger partial charge on any atom is -0.352 e. The third-order valence-electron chi connectivity index (χ3n) is 4.67. The number of hydrogen-bond donors (Lipinski definition) is 1. The van der Waals surface area contributed by atoms with E-state index >= 15 is 0 Å². The van der Waals surface area contributed by atoms with Crippen molar-refractivity contribution in [2.24, 2.45) is 5.92 Å². The van der Waals surface area contributed by atoms with Crippen molar-refractivity contribution in [3.8, 4) is 11.3 Å². The Labute approximate surface area is 142 Å². The lowest BCUT2D eigenvalue weighted by atomic mass is 9.86. The average Bonchev–Trinajstić information content (AvgIpc) is 3.14. The van der Waals surface area contributed by atoms with E-state index in [1.165, 1.54) is 32.1 Å². The molecule has 1 fully saturated rings. The number of amides is 1. The minimum atomic E-state index is 0.163. The van der Waals surface area contributed by atoms with Crippen LogP contribution in [0.3, 0.4) is 0 Å². The second-order valence-corrected chi connectivity index (χ2v) is 7.12. The van der Waals surface area contributed by atoms with E-state index < -0.39 is 0 Å². The number of nitrogens with one attached hydrogen (secondary N) is 1. The lowest BCUT2D eigenvalue weighted by molar-refractivity contribution is -0.121. The highest BCUT2D eigenvalue weighted by molar-refractivity contribution is 7.08. The minimum absolute atomic E-state index is 0.163. The van der Waals surface area contributed by atoms with Crippen molar-refractivity contribution in [2.45, 2.75) is 51.5 Å². The highest BCUT2D eigenvalue weighted by Gasteiger charge is 2.15. The molecule has 0 radical (unpaired) electrons. The molecular weight excluding hydrogens is 304 g/mol. The van der Waals surface area contributed by atoms with Gasteiger partial charge in [-0.25, -0.2) is 0 Å². The van der Waals surface area contributed by atoms with E-state index in [-0.39, 0.29) is 5.91 Å². The number of thiophene rings is 1. The first-order valence-electron chi connectivity index (χ1n) is 8.56. The lowest BCUT2D eigenvalue weighted by Crippen LogP contribution is -2.24. The molecule has 4 heteroatoms. The molecule has 0 spiro atoms. The predicted molar refractivity (Wildman–Crippen MR) is 95.2 cm³/mol. The zero-order chi connectivity index (χ0) is 15.9. The first kappa shape index (κ1) is 16.2. The molecule has 2 heterocycles. The largest absolute Gasteiger partial charge is 0.352 e. The van der Waals surface area contributed by atoms with E-state index in [1.54, 1.807) is 17.5 Å². The van der Waals surface area contributed by atoms with Gasteiger partial charge in [0, 0.05) is 30.1 Å². The lowest BCUT2D eigenvalue weighted by Gasteiger charge is -2.21. The fourth-order valence-corrected chi connectivity index (χ4v) is 3.97. The molecule has 3 nitrogen and oxygen atoms in total. The van der Waals surface area contributed by atoms with E-state index in [1.807, 2.05) is 12.1 Å². The summed E-state index contributed by atoms with van der Waals surface area (Å²) in [6.45, 7) is 0.558. The molecule has 23 heavy (non-hydrogen) atoms. The molecule has 122 valence electrons. The Bertz CT molecular complexity index is 618. The SMILES string of the molecule is O=C(CCC1CCCCC1)NCc1cccnc1-c1ccsc1. The summed E-state index contributed by atoms with van der Waals surface area (Å²) in [6, 6.07) is 6.04. The highest BCUT2D eigenvalue weighted by atomic mass is 32.1. The van der Waals surface area contributed by atoms with E-state index in [9.17, 15) is 4.79 Å². The van der Waals surface area contributed by atoms with Gasteiger partial charge in [0.05, 0.1) is 5.69 Å². The molecule has 0 bridgehead atoms. The van der Waals surface area contributed by atoms with E-state index in [0.29, 0.717) is 13.0 Å². The van der Waals surface area contributed by atoms with Gasteiger partial charge in [-0.2, -0.15) is 11.3 Å². The normalized spacial score (nSPS) is 15.5. The van der Waals surface area contributed by atoms with Gasteiger partial charge in [0.2, 0.25) is 5.91 Å². The first-order chi connectivity index (χ1) is 11.3. The number of aromatic nitrogens is 1. The van der Waals surface area contributed by atoms with Gasteiger partial charge in [0.15, 0.2) is 0 Å². The van der Waals surface area contributed by atoms with Crippen LogP contribution in [-0.2, 0) is 11.3 Å². The van der Waals surface area contributed by atoms with E-state index in [2.05, 4.69) is 27.1 Å².